The van der Waals surface area contributed by atoms with Crippen molar-refractivity contribution in [3.63, 3.8) is 0 Å². The zero-order valence-electron chi connectivity index (χ0n) is 6.01. The van der Waals surface area contributed by atoms with Crippen molar-refractivity contribution in [2.45, 2.75) is 6.54 Å². The lowest BCUT2D eigenvalue weighted by molar-refractivity contribution is 0.685. The summed E-state index contributed by atoms with van der Waals surface area (Å²) in [5.74, 6) is 0. The summed E-state index contributed by atoms with van der Waals surface area (Å²) in [4.78, 5) is 4.06. The summed E-state index contributed by atoms with van der Waals surface area (Å²) in [6, 6.07) is 0. The van der Waals surface area contributed by atoms with Crippen molar-refractivity contribution >= 4 is 22.9 Å². The van der Waals surface area contributed by atoms with Gasteiger partial charge >= 0.3 is 0 Å². The van der Waals surface area contributed by atoms with Crippen LogP contribution in [-0.4, -0.2) is 18.1 Å². The molecule has 11 heavy (non-hydrogen) atoms. The third kappa shape index (κ3) is 3.16. The van der Waals surface area contributed by atoms with Gasteiger partial charge in [-0.25, -0.2) is 4.98 Å². The second kappa shape index (κ2) is 4.66. The van der Waals surface area contributed by atoms with Gasteiger partial charge in [0.25, 0.3) is 0 Å². The number of hydrogen-bond acceptors (Lipinski definition) is 4. The molecule has 0 aliphatic carbocycles. The molecule has 3 N–H and O–H groups in total. The number of nitrogens with two attached hydrogens (primary N) is 1. The monoisotopic (exact) mass is 191 g/mol. The van der Waals surface area contributed by atoms with Crippen LogP contribution in [0.3, 0.4) is 0 Å². The molecule has 0 unspecified atom stereocenters. The third-order valence-corrected chi connectivity index (χ3v) is 2.18. The summed E-state index contributed by atoms with van der Waals surface area (Å²) in [7, 11) is 0. The van der Waals surface area contributed by atoms with Gasteiger partial charge in [0.1, 0.15) is 0 Å². The van der Waals surface area contributed by atoms with Gasteiger partial charge in [-0.1, -0.05) is 11.6 Å². The van der Waals surface area contributed by atoms with E-state index in [1.807, 2.05) is 5.38 Å². The van der Waals surface area contributed by atoms with Gasteiger partial charge in [-0.15, -0.1) is 11.3 Å². The van der Waals surface area contributed by atoms with Crippen molar-refractivity contribution < 1.29 is 0 Å². The van der Waals surface area contributed by atoms with Crippen LogP contribution in [0, 0.1) is 0 Å². The first-order valence-electron chi connectivity index (χ1n) is 3.33. The quantitative estimate of drug-likeness (QED) is 0.694. The van der Waals surface area contributed by atoms with E-state index in [-0.39, 0.29) is 0 Å². The summed E-state index contributed by atoms with van der Waals surface area (Å²) in [5.41, 5.74) is 6.27. The van der Waals surface area contributed by atoms with Crippen LogP contribution in [0.4, 0.5) is 0 Å². The van der Waals surface area contributed by atoms with Crippen molar-refractivity contribution in [1.29, 1.82) is 0 Å². The molecule has 1 aromatic heterocycles. The molecule has 0 amide bonds. The molecule has 1 aromatic rings. The van der Waals surface area contributed by atoms with Crippen molar-refractivity contribution in [1.82, 2.24) is 10.3 Å². The van der Waals surface area contributed by atoms with Gasteiger partial charge in [0.05, 0.1) is 5.69 Å². The van der Waals surface area contributed by atoms with E-state index in [2.05, 4.69) is 10.3 Å². The summed E-state index contributed by atoms with van der Waals surface area (Å²) in [6.07, 6.45) is 0. The van der Waals surface area contributed by atoms with Crippen molar-refractivity contribution in [2.24, 2.45) is 5.73 Å². The van der Waals surface area contributed by atoms with Crippen LogP contribution < -0.4 is 11.1 Å². The fraction of sp³-hybridized carbons (Fsp3) is 0.500. The highest BCUT2D eigenvalue weighted by molar-refractivity contribution is 7.13. The topological polar surface area (TPSA) is 50.9 Å². The minimum Gasteiger partial charge on any atom is -0.329 e. The number of hydrogen-bond donors (Lipinski definition) is 2. The molecule has 0 aliphatic rings. The Morgan fingerprint density at radius 1 is 1.73 bits per heavy atom. The number of nitrogens with zero attached hydrogens (tertiary/aromatic N) is 1. The van der Waals surface area contributed by atoms with Gasteiger partial charge in [-0.3, -0.25) is 0 Å². The molecule has 0 aromatic carbocycles. The maximum Gasteiger partial charge on any atom is 0.183 e. The lowest BCUT2D eigenvalue weighted by atomic mass is 10.5. The van der Waals surface area contributed by atoms with Gasteiger partial charge in [0, 0.05) is 25.0 Å². The van der Waals surface area contributed by atoms with Crippen LogP contribution >= 0.6 is 22.9 Å². The Balaban J connectivity index is 2.27. The van der Waals surface area contributed by atoms with Gasteiger partial charge in [-0.2, -0.15) is 0 Å². The minimum atomic E-state index is 0.592. The zero-order chi connectivity index (χ0) is 8.10. The summed E-state index contributed by atoms with van der Waals surface area (Å²) < 4.78 is 0.592. The van der Waals surface area contributed by atoms with Gasteiger partial charge in [0.15, 0.2) is 4.47 Å². The Labute approximate surface area is 74.6 Å². The van der Waals surface area contributed by atoms with E-state index in [0.717, 1.165) is 18.8 Å². The molecule has 62 valence electrons. The van der Waals surface area contributed by atoms with Crippen molar-refractivity contribution in [3.8, 4) is 0 Å². The molecule has 1 rings (SSSR count). The molecular formula is C6H10ClN3S. The first kappa shape index (κ1) is 8.93. The standard InChI is InChI=1S/C6H10ClN3S/c7-6-10-5(4-11-6)3-9-2-1-8/h4,9H,1-3,8H2. The largest absolute Gasteiger partial charge is 0.329 e. The fourth-order valence-electron chi connectivity index (χ4n) is 0.682. The predicted octanol–water partition coefficient (Wildman–Crippen LogP) is 0.845. The molecule has 0 saturated heterocycles. The minimum absolute atomic E-state index is 0.592. The van der Waals surface area contributed by atoms with Crippen LogP contribution in [0.2, 0.25) is 4.47 Å². The third-order valence-electron chi connectivity index (χ3n) is 1.15. The maximum absolute atomic E-state index is 5.63. The van der Waals surface area contributed by atoms with Gasteiger partial charge in [0.2, 0.25) is 0 Å². The number of thiazole rings is 1. The highest BCUT2D eigenvalue weighted by Gasteiger charge is 1.96. The second-order valence-corrected chi connectivity index (χ2v) is 3.50. The molecule has 0 spiro atoms. The molecule has 5 heteroatoms. The van der Waals surface area contributed by atoms with Crippen molar-refractivity contribution in [3.05, 3.63) is 15.5 Å². The molecule has 3 nitrogen and oxygen atoms in total. The van der Waals surface area contributed by atoms with Crippen LogP contribution in [0.25, 0.3) is 0 Å². The second-order valence-electron chi connectivity index (χ2n) is 2.06. The number of halogens is 1. The van der Waals surface area contributed by atoms with Gasteiger partial charge in [-0.05, 0) is 0 Å². The Morgan fingerprint density at radius 2 is 2.55 bits per heavy atom. The Morgan fingerprint density at radius 3 is 3.09 bits per heavy atom. The lowest BCUT2D eigenvalue weighted by Crippen LogP contribution is -2.21. The highest BCUT2D eigenvalue weighted by atomic mass is 35.5. The van der Waals surface area contributed by atoms with E-state index < -0.39 is 0 Å². The number of aromatic nitrogens is 1. The average molecular weight is 192 g/mol. The molecule has 0 aliphatic heterocycles. The van der Waals surface area contributed by atoms with E-state index in [1.165, 1.54) is 11.3 Å². The summed E-state index contributed by atoms with van der Waals surface area (Å²) in [6.45, 7) is 2.22. The van der Waals surface area contributed by atoms with E-state index in [0.29, 0.717) is 11.0 Å². The molecular weight excluding hydrogens is 182 g/mol. The number of nitrogens with one attached hydrogen (secondary N) is 1. The predicted molar refractivity (Wildman–Crippen MR) is 47.9 cm³/mol. The SMILES string of the molecule is NCCNCc1csc(Cl)n1. The normalized spacial score (nSPS) is 10.4. The first-order chi connectivity index (χ1) is 5.33. The molecule has 0 radical (unpaired) electrons. The Hall–Kier alpha value is -0.160. The van der Waals surface area contributed by atoms with Crippen molar-refractivity contribution in [2.75, 3.05) is 13.1 Å². The van der Waals surface area contributed by atoms with Crippen LogP contribution in [-0.2, 0) is 6.54 Å². The highest BCUT2D eigenvalue weighted by Crippen LogP contribution is 2.14. The maximum atomic E-state index is 5.63. The Bertz CT molecular complexity index is 213. The van der Waals surface area contributed by atoms with E-state index in [1.54, 1.807) is 0 Å². The average Bonchev–Trinajstić information content (AvgIpc) is 2.37. The van der Waals surface area contributed by atoms with E-state index >= 15 is 0 Å². The smallest absolute Gasteiger partial charge is 0.183 e. The van der Waals surface area contributed by atoms with Crippen LogP contribution in [0.5, 0.6) is 0 Å². The fourth-order valence-corrected chi connectivity index (χ4v) is 1.46. The zero-order valence-corrected chi connectivity index (χ0v) is 7.58. The number of rotatable bonds is 4. The molecule has 0 fully saturated rings. The summed E-state index contributed by atoms with van der Waals surface area (Å²) >= 11 is 7.07. The summed E-state index contributed by atoms with van der Waals surface area (Å²) in [5, 5.41) is 5.06. The Kier molecular flexibility index (Phi) is 3.79. The first-order valence-corrected chi connectivity index (χ1v) is 4.59. The molecule has 1 heterocycles. The van der Waals surface area contributed by atoms with E-state index in [4.69, 9.17) is 17.3 Å². The molecule has 0 atom stereocenters. The van der Waals surface area contributed by atoms with Crippen LogP contribution in [0.15, 0.2) is 5.38 Å². The molecule has 0 bridgehead atoms. The van der Waals surface area contributed by atoms with Crippen LogP contribution in [0.1, 0.15) is 5.69 Å². The van der Waals surface area contributed by atoms with E-state index in [9.17, 15) is 0 Å². The molecule has 0 saturated carbocycles. The lowest BCUT2D eigenvalue weighted by Gasteiger charge is -1.97. The van der Waals surface area contributed by atoms with Gasteiger partial charge < -0.3 is 11.1 Å².